The summed E-state index contributed by atoms with van der Waals surface area (Å²) in [5.74, 6) is 0.736. The van der Waals surface area contributed by atoms with Crippen molar-refractivity contribution in [3.05, 3.63) is 46.7 Å². The van der Waals surface area contributed by atoms with Gasteiger partial charge in [-0.15, -0.1) is 0 Å². The first-order valence-corrected chi connectivity index (χ1v) is 11.6. The van der Waals surface area contributed by atoms with Crippen molar-refractivity contribution in [2.45, 2.75) is 19.9 Å². The van der Waals surface area contributed by atoms with Gasteiger partial charge in [-0.2, -0.15) is 0 Å². The topological polar surface area (TPSA) is 62.1 Å². The van der Waals surface area contributed by atoms with Crippen LogP contribution in [0.1, 0.15) is 19.0 Å². The van der Waals surface area contributed by atoms with Crippen molar-refractivity contribution < 1.29 is 9.53 Å². The molecule has 31 heavy (non-hydrogen) atoms. The van der Waals surface area contributed by atoms with Crippen molar-refractivity contribution in [1.29, 1.82) is 0 Å². The normalized spacial score (nSPS) is 17.5. The minimum atomic E-state index is -0.0108. The SMILES string of the molecule is CCN1C(=O)COc2ccc(-c3nc4ccc(Br)cn4c3CN3CCCNCC3)cc21. The number of hydrogen-bond acceptors (Lipinski definition) is 5. The Morgan fingerprint density at radius 2 is 2.10 bits per heavy atom. The van der Waals surface area contributed by atoms with Crippen LogP contribution in [0.25, 0.3) is 16.9 Å². The number of likely N-dealkylation sites (N-methyl/N-ethyl adjacent to an activating group) is 1. The zero-order valence-electron chi connectivity index (χ0n) is 17.6. The monoisotopic (exact) mass is 483 g/mol. The number of anilines is 1. The Balaban J connectivity index is 1.61. The van der Waals surface area contributed by atoms with E-state index in [0.717, 1.165) is 77.7 Å². The number of nitrogens with zero attached hydrogens (tertiary/aromatic N) is 4. The van der Waals surface area contributed by atoms with Crippen LogP contribution < -0.4 is 15.0 Å². The number of halogens is 1. The van der Waals surface area contributed by atoms with Crippen LogP contribution in [-0.4, -0.2) is 59.5 Å². The van der Waals surface area contributed by atoms with E-state index in [0.29, 0.717) is 6.54 Å². The first-order valence-electron chi connectivity index (χ1n) is 10.8. The van der Waals surface area contributed by atoms with Gasteiger partial charge in [-0.3, -0.25) is 9.69 Å². The summed E-state index contributed by atoms with van der Waals surface area (Å²) in [6, 6.07) is 10.1. The summed E-state index contributed by atoms with van der Waals surface area (Å²) in [5.41, 5.74) is 4.84. The van der Waals surface area contributed by atoms with Gasteiger partial charge in [-0.05, 0) is 72.7 Å². The maximum absolute atomic E-state index is 12.3. The molecule has 8 heteroatoms. The average Bonchev–Trinajstić information content (AvgIpc) is 2.94. The van der Waals surface area contributed by atoms with E-state index in [1.54, 1.807) is 4.90 Å². The molecule has 0 saturated carbocycles. The summed E-state index contributed by atoms with van der Waals surface area (Å²) in [7, 11) is 0. The molecule has 2 aromatic heterocycles. The third-order valence-electron chi connectivity index (χ3n) is 5.98. The molecule has 1 aromatic carbocycles. The number of imidazole rings is 1. The van der Waals surface area contributed by atoms with Gasteiger partial charge in [-0.1, -0.05) is 0 Å². The van der Waals surface area contributed by atoms with Crippen molar-refractivity contribution in [2.75, 3.05) is 44.2 Å². The maximum Gasteiger partial charge on any atom is 0.265 e. The predicted octanol–water partition coefficient (Wildman–Crippen LogP) is 3.30. The molecule has 2 aliphatic heterocycles. The van der Waals surface area contributed by atoms with Crippen LogP contribution in [0.15, 0.2) is 41.0 Å². The number of hydrogen-bond donors (Lipinski definition) is 1. The lowest BCUT2D eigenvalue weighted by molar-refractivity contribution is -0.121. The third kappa shape index (κ3) is 3.95. The highest BCUT2D eigenvalue weighted by molar-refractivity contribution is 9.10. The minimum absolute atomic E-state index is 0.0108. The molecular weight excluding hydrogens is 458 g/mol. The second-order valence-corrected chi connectivity index (χ2v) is 8.89. The molecule has 0 atom stereocenters. The number of carbonyl (C=O) groups is 1. The quantitative estimate of drug-likeness (QED) is 0.616. The molecular formula is C23H26BrN5O2. The third-order valence-corrected chi connectivity index (χ3v) is 6.45. The first-order chi connectivity index (χ1) is 15.1. The lowest BCUT2D eigenvalue weighted by atomic mass is 10.1. The van der Waals surface area contributed by atoms with Gasteiger partial charge in [0.1, 0.15) is 11.4 Å². The summed E-state index contributed by atoms with van der Waals surface area (Å²) in [6.07, 6.45) is 3.22. The first kappa shape index (κ1) is 20.5. The van der Waals surface area contributed by atoms with Gasteiger partial charge in [-0.25, -0.2) is 4.98 Å². The van der Waals surface area contributed by atoms with Crippen LogP contribution in [-0.2, 0) is 11.3 Å². The lowest BCUT2D eigenvalue weighted by Gasteiger charge is -2.28. The van der Waals surface area contributed by atoms with Gasteiger partial charge in [0.15, 0.2) is 6.61 Å². The number of aromatic nitrogens is 2. The van der Waals surface area contributed by atoms with Crippen molar-refractivity contribution in [3.63, 3.8) is 0 Å². The molecule has 0 aliphatic carbocycles. The van der Waals surface area contributed by atoms with Crippen LogP contribution in [0, 0.1) is 0 Å². The molecule has 2 aliphatic rings. The number of benzene rings is 1. The van der Waals surface area contributed by atoms with E-state index in [4.69, 9.17) is 9.72 Å². The summed E-state index contributed by atoms with van der Waals surface area (Å²) >= 11 is 3.61. The van der Waals surface area contributed by atoms with Crippen LogP contribution in [0.5, 0.6) is 5.75 Å². The van der Waals surface area contributed by atoms with Gasteiger partial charge in [0.2, 0.25) is 0 Å². The molecule has 1 saturated heterocycles. The fourth-order valence-corrected chi connectivity index (χ4v) is 4.75. The Kier molecular flexibility index (Phi) is 5.69. The average molecular weight is 484 g/mol. The molecule has 1 N–H and O–H groups in total. The fourth-order valence-electron chi connectivity index (χ4n) is 4.42. The van der Waals surface area contributed by atoms with Gasteiger partial charge in [0, 0.05) is 42.4 Å². The van der Waals surface area contributed by atoms with E-state index >= 15 is 0 Å². The van der Waals surface area contributed by atoms with E-state index < -0.39 is 0 Å². The molecule has 0 spiro atoms. The molecule has 5 rings (SSSR count). The van der Waals surface area contributed by atoms with Crippen LogP contribution in [0.2, 0.25) is 0 Å². The van der Waals surface area contributed by atoms with E-state index in [-0.39, 0.29) is 12.5 Å². The number of carbonyl (C=O) groups excluding carboxylic acids is 1. The van der Waals surface area contributed by atoms with Gasteiger partial charge < -0.3 is 19.4 Å². The largest absolute Gasteiger partial charge is 0.482 e. The molecule has 0 unspecified atom stereocenters. The molecule has 7 nitrogen and oxygen atoms in total. The number of fused-ring (bicyclic) bond motifs is 2. The second-order valence-electron chi connectivity index (χ2n) is 7.97. The molecule has 3 aromatic rings. The predicted molar refractivity (Wildman–Crippen MR) is 125 cm³/mol. The zero-order chi connectivity index (χ0) is 21.4. The number of ether oxygens (including phenoxy) is 1. The fraction of sp³-hybridized carbons (Fsp3) is 0.391. The number of amides is 1. The van der Waals surface area contributed by atoms with Crippen molar-refractivity contribution >= 4 is 33.2 Å². The Morgan fingerprint density at radius 1 is 1.19 bits per heavy atom. The summed E-state index contributed by atoms with van der Waals surface area (Å²) in [4.78, 5) is 21.6. The highest BCUT2D eigenvalue weighted by Gasteiger charge is 2.26. The van der Waals surface area contributed by atoms with Gasteiger partial charge in [0.25, 0.3) is 5.91 Å². The molecule has 0 bridgehead atoms. The molecule has 1 fully saturated rings. The van der Waals surface area contributed by atoms with Gasteiger partial charge >= 0.3 is 0 Å². The number of nitrogens with one attached hydrogen (secondary N) is 1. The van der Waals surface area contributed by atoms with Crippen molar-refractivity contribution in [3.8, 4) is 17.0 Å². The number of pyridine rings is 1. The Hall–Kier alpha value is -2.42. The maximum atomic E-state index is 12.3. The minimum Gasteiger partial charge on any atom is -0.482 e. The Labute approximate surface area is 190 Å². The standard InChI is InChI=1S/C23H26BrN5O2/c1-2-28-18-12-16(4-6-20(18)31-15-22(28)30)23-19(14-27-10-3-8-25-9-11-27)29-13-17(24)5-7-21(29)26-23/h4-7,12-13,25H,2-3,8-11,14-15H2,1H3. The molecule has 162 valence electrons. The number of rotatable bonds is 4. The Bertz CT molecular complexity index is 1120. The molecule has 1 amide bonds. The summed E-state index contributed by atoms with van der Waals surface area (Å²) in [5, 5.41) is 3.48. The second kappa shape index (κ2) is 8.61. The van der Waals surface area contributed by atoms with Crippen LogP contribution in [0.3, 0.4) is 0 Å². The molecule has 4 heterocycles. The molecule has 0 radical (unpaired) electrons. The summed E-state index contributed by atoms with van der Waals surface area (Å²) < 4.78 is 8.86. The van der Waals surface area contributed by atoms with Crippen LogP contribution >= 0.6 is 15.9 Å². The van der Waals surface area contributed by atoms with E-state index in [1.807, 2.05) is 37.3 Å². The van der Waals surface area contributed by atoms with E-state index in [1.165, 1.54) is 0 Å². The zero-order valence-corrected chi connectivity index (χ0v) is 19.2. The van der Waals surface area contributed by atoms with E-state index in [2.05, 4.69) is 36.7 Å². The van der Waals surface area contributed by atoms with E-state index in [9.17, 15) is 4.79 Å². The highest BCUT2D eigenvalue weighted by atomic mass is 79.9. The van der Waals surface area contributed by atoms with Crippen molar-refractivity contribution in [2.24, 2.45) is 0 Å². The summed E-state index contributed by atoms with van der Waals surface area (Å²) in [6.45, 7) is 7.65. The Morgan fingerprint density at radius 3 is 2.97 bits per heavy atom. The van der Waals surface area contributed by atoms with Gasteiger partial charge in [0.05, 0.1) is 17.1 Å². The highest BCUT2D eigenvalue weighted by Crippen LogP contribution is 2.37. The smallest absolute Gasteiger partial charge is 0.265 e. The lowest BCUT2D eigenvalue weighted by Crippen LogP contribution is -2.38. The van der Waals surface area contributed by atoms with Crippen molar-refractivity contribution in [1.82, 2.24) is 19.6 Å². The van der Waals surface area contributed by atoms with Crippen LogP contribution in [0.4, 0.5) is 5.69 Å².